The van der Waals surface area contributed by atoms with Gasteiger partial charge in [-0.25, -0.2) is 0 Å². The summed E-state index contributed by atoms with van der Waals surface area (Å²) in [6.07, 6.45) is 6.96. The first-order chi connectivity index (χ1) is 7.23. The predicted octanol–water partition coefficient (Wildman–Crippen LogP) is 1.96. The van der Waals surface area contributed by atoms with Gasteiger partial charge in [0.05, 0.1) is 0 Å². The highest BCUT2D eigenvalue weighted by atomic mass is 32.2. The molecular weight excluding hydrogens is 204 g/mol. The fraction of sp³-hybridized carbons (Fsp3) is 1.00. The monoisotopic (exact) mass is 228 g/mol. The number of hydrogen-bond acceptors (Lipinski definition) is 3. The van der Waals surface area contributed by atoms with Crippen molar-refractivity contribution in [2.45, 2.75) is 43.7 Å². The second kappa shape index (κ2) is 5.07. The highest BCUT2D eigenvalue weighted by Gasteiger charge is 2.36. The lowest BCUT2D eigenvalue weighted by molar-refractivity contribution is 0.150. The van der Waals surface area contributed by atoms with Crippen molar-refractivity contribution in [1.29, 1.82) is 0 Å². The largest absolute Gasteiger partial charge is 0.311 e. The maximum atomic E-state index is 3.78. The van der Waals surface area contributed by atoms with Gasteiger partial charge in [-0.2, -0.15) is 11.8 Å². The molecule has 15 heavy (non-hydrogen) atoms. The van der Waals surface area contributed by atoms with Crippen LogP contribution in [0.4, 0.5) is 0 Å². The van der Waals surface area contributed by atoms with E-state index in [1.165, 1.54) is 50.2 Å². The van der Waals surface area contributed by atoms with Crippen LogP contribution in [0.2, 0.25) is 0 Å². The lowest BCUT2D eigenvalue weighted by Crippen LogP contribution is -2.51. The van der Waals surface area contributed by atoms with Gasteiger partial charge < -0.3 is 10.2 Å². The zero-order valence-corrected chi connectivity index (χ0v) is 10.9. The maximum Gasteiger partial charge on any atom is 0.0327 e. The number of likely N-dealkylation sites (N-methyl/N-ethyl adjacent to an activating group) is 1. The average molecular weight is 228 g/mol. The van der Waals surface area contributed by atoms with Gasteiger partial charge in [0.1, 0.15) is 0 Å². The third-order valence-corrected chi connectivity index (χ3v) is 5.29. The van der Waals surface area contributed by atoms with Crippen molar-refractivity contribution in [3.63, 3.8) is 0 Å². The first-order valence-corrected chi connectivity index (χ1v) is 7.37. The summed E-state index contributed by atoms with van der Waals surface area (Å²) in [6, 6.07) is 0.785. The summed E-state index contributed by atoms with van der Waals surface area (Å²) < 4.78 is 0. The molecule has 1 saturated heterocycles. The van der Waals surface area contributed by atoms with Crippen molar-refractivity contribution >= 4 is 11.8 Å². The summed E-state index contributed by atoms with van der Waals surface area (Å²) in [5.74, 6) is 2.68. The van der Waals surface area contributed by atoms with Gasteiger partial charge in [-0.05, 0) is 39.1 Å². The molecule has 2 fully saturated rings. The molecular formula is C12H24N2S. The van der Waals surface area contributed by atoms with Gasteiger partial charge in [-0.15, -0.1) is 0 Å². The summed E-state index contributed by atoms with van der Waals surface area (Å²) in [6.45, 7) is 1.20. The molecule has 0 amide bonds. The zero-order valence-electron chi connectivity index (χ0n) is 10.1. The van der Waals surface area contributed by atoms with E-state index in [-0.39, 0.29) is 0 Å². The first-order valence-electron chi connectivity index (χ1n) is 6.21. The molecule has 1 saturated carbocycles. The van der Waals surface area contributed by atoms with Crippen LogP contribution in [0, 0.1) is 0 Å². The fourth-order valence-corrected chi connectivity index (χ4v) is 4.03. The molecule has 1 heterocycles. The molecule has 2 rings (SSSR count). The standard InChI is InChI=1S/C12H24N2S/c1-14(2)12(6-3-4-7-12)10-13-11-5-8-15-9-11/h11,13H,3-10H2,1-2H3. The van der Waals surface area contributed by atoms with E-state index in [9.17, 15) is 0 Å². The zero-order chi connectivity index (χ0) is 10.7. The van der Waals surface area contributed by atoms with Gasteiger partial charge in [0, 0.05) is 23.9 Å². The lowest BCUT2D eigenvalue weighted by Gasteiger charge is -2.37. The molecule has 1 aliphatic heterocycles. The Morgan fingerprint density at radius 1 is 1.33 bits per heavy atom. The van der Waals surface area contributed by atoms with Gasteiger partial charge in [-0.3, -0.25) is 0 Å². The third-order valence-electron chi connectivity index (χ3n) is 4.13. The molecule has 0 bridgehead atoms. The van der Waals surface area contributed by atoms with E-state index in [0.29, 0.717) is 5.54 Å². The minimum absolute atomic E-state index is 0.466. The summed E-state index contributed by atoms with van der Waals surface area (Å²) in [4.78, 5) is 2.45. The Morgan fingerprint density at radius 3 is 2.60 bits per heavy atom. The van der Waals surface area contributed by atoms with Gasteiger partial charge in [0.15, 0.2) is 0 Å². The summed E-state index contributed by atoms with van der Waals surface area (Å²) in [5, 5.41) is 3.78. The highest BCUT2D eigenvalue weighted by Crippen LogP contribution is 2.33. The number of thioether (sulfide) groups is 1. The van der Waals surface area contributed by atoms with Crippen molar-refractivity contribution < 1.29 is 0 Å². The Hall–Kier alpha value is 0.270. The highest BCUT2D eigenvalue weighted by molar-refractivity contribution is 7.99. The smallest absolute Gasteiger partial charge is 0.0327 e. The molecule has 2 nitrogen and oxygen atoms in total. The second-order valence-corrected chi connectivity index (χ2v) is 6.42. The van der Waals surface area contributed by atoms with Crippen molar-refractivity contribution in [2.75, 3.05) is 32.1 Å². The second-order valence-electron chi connectivity index (χ2n) is 5.27. The first kappa shape index (κ1) is 11.7. The van der Waals surface area contributed by atoms with Crippen LogP contribution in [0.5, 0.6) is 0 Å². The van der Waals surface area contributed by atoms with Crippen molar-refractivity contribution in [3.8, 4) is 0 Å². The number of rotatable bonds is 4. The molecule has 1 N–H and O–H groups in total. The molecule has 0 aromatic rings. The number of nitrogens with one attached hydrogen (secondary N) is 1. The summed E-state index contributed by atoms with van der Waals surface area (Å²) >= 11 is 2.10. The van der Waals surface area contributed by atoms with Gasteiger partial charge >= 0.3 is 0 Å². The topological polar surface area (TPSA) is 15.3 Å². The van der Waals surface area contributed by atoms with E-state index in [4.69, 9.17) is 0 Å². The molecule has 1 aliphatic carbocycles. The Balaban J connectivity index is 1.83. The Labute approximate surface area is 98.2 Å². The fourth-order valence-electron chi connectivity index (χ4n) is 2.85. The summed E-state index contributed by atoms with van der Waals surface area (Å²) in [7, 11) is 4.49. The van der Waals surface area contributed by atoms with Gasteiger partial charge in [0.25, 0.3) is 0 Å². The maximum absolute atomic E-state index is 3.78. The lowest BCUT2D eigenvalue weighted by atomic mass is 9.95. The molecule has 0 aromatic heterocycles. The minimum Gasteiger partial charge on any atom is -0.311 e. The third kappa shape index (κ3) is 2.69. The van der Waals surface area contributed by atoms with E-state index < -0.39 is 0 Å². The van der Waals surface area contributed by atoms with Crippen LogP contribution in [0.3, 0.4) is 0 Å². The molecule has 0 radical (unpaired) electrons. The van der Waals surface area contributed by atoms with Crippen LogP contribution >= 0.6 is 11.8 Å². The molecule has 0 aromatic carbocycles. The number of nitrogens with zero attached hydrogens (tertiary/aromatic N) is 1. The van der Waals surface area contributed by atoms with Crippen LogP contribution in [0.1, 0.15) is 32.1 Å². The molecule has 1 unspecified atom stereocenters. The SMILES string of the molecule is CN(C)C1(CNC2CCSC2)CCCC1. The van der Waals surface area contributed by atoms with Crippen molar-refractivity contribution in [1.82, 2.24) is 10.2 Å². The van der Waals surface area contributed by atoms with Crippen molar-refractivity contribution in [2.24, 2.45) is 0 Å². The van der Waals surface area contributed by atoms with E-state index >= 15 is 0 Å². The summed E-state index contributed by atoms with van der Waals surface area (Å²) in [5.41, 5.74) is 0.466. The van der Waals surface area contributed by atoms with E-state index in [1.54, 1.807) is 0 Å². The molecule has 0 spiro atoms. The van der Waals surface area contributed by atoms with Crippen LogP contribution in [0.25, 0.3) is 0 Å². The molecule has 3 heteroatoms. The molecule has 1 atom stereocenters. The van der Waals surface area contributed by atoms with E-state index in [2.05, 4.69) is 36.1 Å². The Kier molecular flexibility index (Phi) is 3.97. The van der Waals surface area contributed by atoms with Crippen LogP contribution < -0.4 is 5.32 Å². The minimum atomic E-state index is 0.466. The Morgan fingerprint density at radius 2 is 2.07 bits per heavy atom. The Bertz CT molecular complexity index is 194. The van der Waals surface area contributed by atoms with Crippen LogP contribution in [0.15, 0.2) is 0 Å². The van der Waals surface area contributed by atoms with E-state index in [1.807, 2.05) is 0 Å². The van der Waals surface area contributed by atoms with Gasteiger partial charge in [0.2, 0.25) is 0 Å². The quantitative estimate of drug-likeness (QED) is 0.792. The average Bonchev–Trinajstić information content (AvgIpc) is 2.87. The van der Waals surface area contributed by atoms with Gasteiger partial charge in [-0.1, -0.05) is 12.8 Å². The van der Waals surface area contributed by atoms with Crippen LogP contribution in [-0.2, 0) is 0 Å². The van der Waals surface area contributed by atoms with E-state index in [0.717, 1.165) is 6.04 Å². The normalized spacial score (nSPS) is 30.2. The molecule has 88 valence electrons. The molecule has 2 aliphatic rings. The predicted molar refractivity (Wildman–Crippen MR) is 68.6 cm³/mol. The van der Waals surface area contributed by atoms with Crippen molar-refractivity contribution in [3.05, 3.63) is 0 Å². The van der Waals surface area contributed by atoms with Crippen LogP contribution in [-0.4, -0.2) is 48.6 Å². The number of hydrogen-bond donors (Lipinski definition) is 1.